The normalized spacial score (nSPS) is 19.9. The summed E-state index contributed by atoms with van der Waals surface area (Å²) in [6.07, 6.45) is 5.87. The van der Waals surface area contributed by atoms with E-state index in [4.69, 9.17) is 0 Å². The molecule has 0 saturated heterocycles. The molecule has 1 saturated carbocycles. The number of nitro groups is 1. The van der Waals surface area contributed by atoms with Gasteiger partial charge in [0.2, 0.25) is 0 Å². The third-order valence-electron chi connectivity index (χ3n) is 4.72. The number of carbonyl (C=O) groups excluding carboxylic acids is 1. The Bertz CT molecular complexity index is 822. The molecule has 1 fully saturated rings. The largest absolute Gasteiger partial charge is 0.349 e. The van der Waals surface area contributed by atoms with Crippen molar-refractivity contribution < 1.29 is 9.72 Å². The first-order chi connectivity index (χ1) is 12.5. The summed E-state index contributed by atoms with van der Waals surface area (Å²) in [6, 6.07) is 4.68. The van der Waals surface area contributed by atoms with Gasteiger partial charge in [-0.2, -0.15) is 0 Å². The minimum absolute atomic E-state index is 0.109. The highest BCUT2D eigenvalue weighted by atomic mass is 32.2. The summed E-state index contributed by atoms with van der Waals surface area (Å²) < 4.78 is 1.68. The van der Waals surface area contributed by atoms with Crippen LogP contribution in [0.4, 0.5) is 5.69 Å². The fourth-order valence-corrected chi connectivity index (χ4v) is 3.98. The number of carbonyl (C=O) groups is 1. The molecule has 2 atom stereocenters. The molecule has 0 radical (unpaired) electrons. The van der Waals surface area contributed by atoms with E-state index in [1.165, 1.54) is 18.8 Å². The lowest BCUT2D eigenvalue weighted by Crippen LogP contribution is -2.41. The van der Waals surface area contributed by atoms with Gasteiger partial charge in [-0.25, -0.2) is 0 Å². The monoisotopic (exact) mass is 375 g/mol. The second kappa shape index (κ2) is 7.86. The lowest BCUT2D eigenvalue weighted by molar-refractivity contribution is -0.387. The van der Waals surface area contributed by atoms with E-state index in [0.29, 0.717) is 21.5 Å². The smallest absolute Gasteiger partial charge is 0.284 e. The molecule has 0 spiro atoms. The predicted molar refractivity (Wildman–Crippen MR) is 97.1 cm³/mol. The van der Waals surface area contributed by atoms with E-state index in [1.54, 1.807) is 23.7 Å². The summed E-state index contributed by atoms with van der Waals surface area (Å²) in [5.41, 5.74) is 0.194. The first-order valence-corrected chi connectivity index (χ1v) is 9.38. The van der Waals surface area contributed by atoms with Crippen molar-refractivity contribution in [2.45, 2.75) is 48.7 Å². The van der Waals surface area contributed by atoms with Gasteiger partial charge in [0.25, 0.3) is 11.6 Å². The SMILES string of the molecule is C[C@H]1CCCC[C@H]1NC(=O)c1ccc(Sc2nncn2C)c([N+](=O)[O-])c1. The van der Waals surface area contributed by atoms with Gasteiger partial charge < -0.3 is 9.88 Å². The van der Waals surface area contributed by atoms with Gasteiger partial charge in [-0.1, -0.05) is 19.8 Å². The van der Waals surface area contributed by atoms with Crippen molar-refractivity contribution in [2.24, 2.45) is 13.0 Å². The zero-order valence-electron chi connectivity index (χ0n) is 14.7. The van der Waals surface area contributed by atoms with Gasteiger partial charge in [-0.3, -0.25) is 14.9 Å². The van der Waals surface area contributed by atoms with Crippen molar-refractivity contribution in [3.63, 3.8) is 0 Å². The topological polar surface area (TPSA) is 103 Å². The zero-order valence-corrected chi connectivity index (χ0v) is 15.5. The Hall–Kier alpha value is -2.42. The third kappa shape index (κ3) is 4.04. The minimum atomic E-state index is -0.473. The molecule has 1 amide bonds. The van der Waals surface area contributed by atoms with Crippen molar-refractivity contribution in [3.8, 4) is 0 Å². The highest BCUT2D eigenvalue weighted by Crippen LogP contribution is 2.34. The van der Waals surface area contributed by atoms with Crippen LogP contribution in [-0.4, -0.2) is 31.6 Å². The van der Waals surface area contributed by atoms with Crippen LogP contribution in [0.2, 0.25) is 0 Å². The molecule has 2 aromatic rings. The van der Waals surface area contributed by atoms with E-state index < -0.39 is 4.92 Å². The predicted octanol–water partition coefficient (Wildman–Crippen LogP) is 3.18. The summed E-state index contributed by atoms with van der Waals surface area (Å²) >= 11 is 1.15. The van der Waals surface area contributed by atoms with E-state index in [0.717, 1.165) is 31.0 Å². The molecule has 0 aliphatic heterocycles. The van der Waals surface area contributed by atoms with Gasteiger partial charge in [-0.05, 0) is 42.7 Å². The molecule has 9 heteroatoms. The van der Waals surface area contributed by atoms with Crippen LogP contribution < -0.4 is 5.32 Å². The van der Waals surface area contributed by atoms with Crippen LogP contribution in [0.3, 0.4) is 0 Å². The zero-order chi connectivity index (χ0) is 18.7. The van der Waals surface area contributed by atoms with Gasteiger partial charge in [0.1, 0.15) is 6.33 Å². The molecular formula is C17H21N5O3S. The fraction of sp³-hybridized carbons (Fsp3) is 0.471. The van der Waals surface area contributed by atoms with E-state index >= 15 is 0 Å². The lowest BCUT2D eigenvalue weighted by Gasteiger charge is -2.29. The van der Waals surface area contributed by atoms with E-state index in [1.807, 2.05) is 0 Å². The van der Waals surface area contributed by atoms with Crippen LogP contribution in [0.15, 0.2) is 34.6 Å². The van der Waals surface area contributed by atoms with Crippen molar-refractivity contribution in [3.05, 3.63) is 40.2 Å². The third-order valence-corrected chi connectivity index (χ3v) is 5.83. The van der Waals surface area contributed by atoms with E-state index in [2.05, 4.69) is 22.4 Å². The maximum Gasteiger partial charge on any atom is 0.284 e. The number of rotatable bonds is 5. The highest BCUT2D eigenvalue weighted by molar-refractivity contribution is 7.99. The average molecular weight is 375 g/mol. The van der Waals surface area contributed by atoms with E-state index in [-0.39, 0.29) is 17.6 Å². The maximum atomic E-state index is 12.5. The van der Waals surface area contributed by atoms with Gasteiger partial charge in [0, 0.05) is 24.7 Å². The standard InChI is InChI=1S/C17H21N5O3S/c1-11-5-3-4-6-13(11)19-16(23)12-7-8-15(14(9-12)22(24)25)26-17-20-18-10-21(17)2/h7-11,13H,3-6H2,1-2H3,(H,19,23)/t11-,13+/m0/s1. The molecule has 0 unspecified atom stereocenters. The molecule has 1 heterocycles. The Kier molecular flexibility index (Phi) is 5.55. The van der Waals surface area contributed by atoms with Gasteiger partial charge in [0.15, 0.2) is 5.16 Å². The summed E-state index contributed by atoms with van der Waals surface area (Å²) in [7, 11) is 1.77. The first-order valence-electron chi connectivity index (χ1n) is 8.57. The van der Waals surface area contributed by atoms with Crippen LogP contribution in [0.5, 0.6) is 0 Å². The first kappa shape index (κ1) is 18.4. The second-order valence-electron chi connectivity index (χ2n) is 6.61. The number of hydrogen-bond donors (Lipinski definition) is 1. The number of nitrogens with one attached hydrogen (secondary N) is 1. The Labute approximate surface area is 155 Å². The quantitative estimate of drug-likeness (QED) is 0.636. The van der Waals surface area contributed by atoms with Crippen LogP contribution in [0.1, 0.15) is 43.0 Å². The molecule has 1 N–H and O–H groups in total. The molecule has 8 nitrogen and oxygen atoms in total. The second-order valence-corrected chi connectivity index (χ2v) is 7.62. The summed E-state index contributed by atoms with van der Waals surface area (Å²) in [5.74, 6) is 0.162. The Morgan fingerprint density at radius 1 is 1.38 bits per heavy atom. The molecule has 1 aromatic heterocycles. The number of aromatic nitrogens is 3. The Morgan fingerprint density at radius 2 is 2.15 bits per heavy atom. The fourth-order valence-electron chi connectivity index (χ4n) is 3.13. The summed E-state index contributed by atoms with van der Waals surface area (Å²) in [5, 5.41) is 22.7. The number of hydrogen-bond acceptors (Lipinski definition) is 6. The average Bonchev–Trinajstić information content (AvgIpc) is 3.02. The molecule has 26 heavy (non-hydrogen) atoms. The molecule has 1 aliphatic rings. The van der Waals surface area contributed by atoms with Crippen molar-refractivity contribution in [2.75, 3.05) is 0 Å². The molecule has 3 rings (SSSR count). The number of benzene rings is 1. The summed E-state index contributed by atoms with van der Waals surface area (Å²) in [6.45, 7) is 2.13. The number of aryl methyl sites for hydroxylation is 1. The van der Waals surface area contributed by atoms with Crippen LogP contribution in [-0.2, 0) is 7.05 Å². The molecular weight excluding hydrogens is 354 g/mol. The molecule has 0 bridgehead atoms. The van der Waals surface area contributed by atoms with Gasteiger partial charge in [0.05, 0.1) is 9.82 Å². The Balaban J connectivity index is 1.80. The number of nitro benzene ring substituents is 1. The molecule has 1 aliphatic carbocycles. The lowest BCUT2D eigenvalue weighted by atomic mass is 9.86. The van der Waals surface area contributed by atoms with E-state index in [9.17, 15) is 14.9 Å². The highest BCUT2D eigenvalue weighted by Gasteiger charge is 2.25. The van der Waals surface area contributed by atoms with Crippen LogP contribution >= 0.6 is 11.8 Å². The molecule has 138 valence electrons. The van der Waals surface area contributed by atoms with Gasteiger partial charge in [-0.15, -0.1) is 10.2 Å². The van der Waals surface area contributed by atoms with Crippen molar-refractivity contribution in [1.82, 2.24) is 20.1 Å². The van der Waals surface area contributed by atoms with Crippen molar-refractivity contribution in [1.29, 1.82) is 0 Å². The summed E-state index contributed by atoms with van der Waals surface area (Å²) in [4.78, 5) is 24.0. The number of nitrogens with zero attached hydrogens (tertiary/aromatic N) is 4. The van der Waals surface area contributed by atoms with Crippen LogP contribution in [0, 0.1) is 16.0 Å². The molecule has 1 aromatic carbocycles. The maximum absolute atomic E-state index is 12.5. The van der Waals surface area contributed by atoms with Crippen molar-refractivity contribution >= 4 is 23.4 Å². The number of amides is 1. The Morgan fingerprint density at radius 3 is 2.81 bits per heavy atom. The van der Waals surface area contributed by atoms with Crippen LogP contribution in [0.25, 0.3) is 0 Å². The minimum Gasteiger partial charge on any atom is -0.349 e. The van der Waals surface area contributed by atoms with Gasteiger partial charge >= 0.3 is 0 Å².